The van der Waals surface area contributed by atoms with Crippen LogP contribution in [0.1, 0.15) is 24.0 Å². The molecule has 1 aliphatic carbocycles. The van der Waals surface area contributed by atoms with E-state index in [1.807, 2.05) is 0 Å². The van der Waals surface area contributed by atoms with Gasteiger partial charge in [0.05, 0.1) is 0 Å². The maximum Gasteiger partial charge on any atom is 0.221 e. The first-order valence-corrected chi connectivity index (χ1v) is 5.38. The van der Waals surface area contributed by atoms with Gasteiger partial charge in [-0.25, -0.2) is 0 Å². The number of rotatable bonds is 2. The van der Waals surface area contributed by atoms with Gasteiger partial charge in [-0.05, 0) is 47.9 Å². The zero-order valence-electron chi connectivity index (χ0n) is 8.00. The van der Waals surface area contributed by atoms with Crippen molar-refractivity contribution in [1.29, 1.82) is 0 Å². The Morgan fingerprint density at radius 1 is 1.36 bits per heavy atom. The average Bonchev–Trinajstić information content (AvgIpc) is 2.17. The Labute approximate surface area is 89.1 Å². The van der Waals surface area contributed by atoms with Gasteiger partial charge in [0.15, 0.2) is 0 Å². The van der Waals surface area contributed by atoms with Crippen molar-refractivity contribution in [1.82, 2.24) is 0 Å². The van der Waals surface area contributed by atoms with Crippen LogP contribution in [0.5, 0.6) is 0 Å². The van der Waals surface area contributed by atoms with Crippen molar-refractivity contribution < 1.29 is 4.79 Å². The Morgan fingerprint density at radius 2 is 2.07 bits per heavy atom. The van der Waals surface area contributed by atoms with Crippen LogP contribution in [-0.2, 0) is 17.6 Å². The summed E-state index contributed by atoms with van der Waals surface area (Å²) >= 11 is 5.40. The van der Waals surface area contributed by atoms with E-state index in [-0.39, 0.29) is 5.24 Å². The molecule has 2 heteroatoms. The van der Waals surface area contributed by atoms with Crippen molar-refractivity contribution in [2.24, 2.45) is 5.92 Å². The summed E-state index contributed by atoms with van der Waals surface area (Å²) in [5, 5.41) is -0.200. The van der Waals surface area contributed by atoms with Crippen LogP contribution in [0.2, 0.25) is 0 Å². The topological polar surface area (TPSA) is 17.1 Å². The lowest BCUT2D eigenvalue weighted by Crippen LogP contribution is -2.15. The van der Waals surface area contributed by atoms with E-state index >= 15 is 0 Å². The molecule has 14 heavy (non-hydrogen) atoms. The maximum absolute atomic E-state index is 10.8. The molecule has 2 rings (SSSR count). The minimum absolute atomic E-state index is 0.200. The molecule has 1 aromatic rings. The molecule has 1 nitrogen and oxygen atoms in total. The van der Waals surface area contributed by atoms with Crippen LogP contribution in [0.15, 0.2) is 24.3 Å². The van der Waals surface area contributed by atoms with Gasteiger partial charge in [0.25, 0.3) is 0 Å². The molecule has 0 aromatic heterocycles. The maximum atomic E-state index is 10.8. The highest BCUT2D eigenvalue weighted by molar-refractivity contribution is 6.63. The van der Waals surface area contributed by atoms with E-state index < -0.39 is 0 Å². The van der Waals surface area contributed by atoms with Gasteiger partial charge in [0.1, 0.15) is 0 Å². The number of fused-ring (bicyclic) bond motifs is 1. The lowest BCUT2D eigenvalue weighted by Gasteiger charge is -2.23. The van der Waals surface area contributed by atoms with E-state index in [0.29, 0.717) is 12.3 Å². The second kappa shape index (κ2) is 4.14. The molecule has 1 aliphatic rings. The molecular weight excluding hydrogens is 196 g/mol. The van der Waals surface area contributed by atoms with Gasteiger partial charge in [-0.3, -0.25) is 4.79 Å². The standard InChI is InChI=1S/C12H13ClO/c13-12(14)8-9-5-6-10-3-1-2-4-11(10)7-9/h1-4,9H,5-8H2/t9-/m0/s1. The van der Waals surface area contributed by atoms with Crippen LogP contribution in [0.25, 0.3) is 0 Å². The first kappa shape index (κ1) is 9.72. The fourth-order valence-corrected chi connectivity index (χ4v) is 2.39. The van der Waals surface area contributed by atoms with Gasteiger partial charge in [-0.15, -0.1) is 0 Å². The van der Waals surface area contributed by atoms with Crippen molar-refractivity contribution in [2.75, 3.05) is 0 Å². The van der Waals surface area contributed by atoms with E-state index in [1.54, 1.807) is 0 Å². The van der Waals surface area contributed by atoms with Gasteiger partial charge < -0.3 is 0 Å². The molecule has 0 fully saturated rings. The third-order valence-corrected chi connectivity index (χ3v) is 3.05. The summed E-state index contributed by atoms with van der Waals surface area (Å²) in [4.78, 5) is 10.8. The summed E-state index contributed by atoms with van der Waals surface area (Å²) in [6, 6.07) is 8.46. The molecule has 1 atom stereocenters. The second-order valence-corrected chi connectivity index (χ2v) is 4.36. The largest absolute Gasteiger partial charge is 0.281 e. The Hall–Kier alpha value is -0.820. The summed E-state index contributed by atoms with van der Waals surface area (Å²) in [6.07, 6.45) is 3.71. The lowest BCUT2D eigenvalue weighted by molar-refractivity contribution is -0.112. The predicted molar refractivity (Wildman–Crippen MR) is 57.4 cm³/mol. The van der Waals surface area contributed by atoms with Gasteiger partial charge >= 0.3 is 0 Å². The highest BCUT2D eigenvalue weighted by atomic mass is 35.5. The molecule has 0 N–H and O–H groups in total. The second-order valence-electron chi connectivity index (χ2n) is 3.94. The molecule has 0 amide bonds. The highest BCUT2D eigenvalue weighted by Gasteiger charge is 2.19. The molecule has 0 spiro atoms. The van der Waals surface area contributed by atoms with Gasteiger partial charge in [0, 0.05) is 6.42 Å². The highest BCUT2D eigenvalue weighted by Crippen LogP contribution is 2.27. The van der Waals surface area contributed by atoms with Gasteiger partial charge in [-0.2, -0.15) is 0 Å². The van der Waals surface area contributed by atoms with Crippen molar-refractivity contribution >= 4 is 16.8 Å². The Bertz CT molecular complexity index is 346. The van der Waals surface area contributed by atoms with E-state index in [1.165, 1.54) is 11.1 Å². The molecule has 0 radical (unpaired) electrons. The normalized spacial score (nSPS) is 20.2. The minimum Gasteiger partial charge on any atom is -0.281 e. The zero-order chi connectivity index (χ0) is 9.97. The van der Waals surface area contributed by atoms with Crippen molar-refractivity contribution in [2.45, 2.75) is 25.7 Å². The van der Waals surface area contributed by atoms with Crippen LogP contribution >= 0.6 is 11.6 Å². The number of hydrogen-bond donors (Lipinski definition) is 0. The van der Waals surface area contributed by atoms with E-state index in [0.717, 1.165) is 19.3 Å². The average molecular weight is 209 g/mol. The van der Waals surface area contributed by atoms with Crippen molar-refractivity contribution in [3.63, 3.8) is 0 Å². The van der Waals surface area contributed by atoms with Crippen LogP contribution in [0, 0.1) is 5.92 Å². The summed E-state index contributed by atoms with van der Waals surface area (Å²) in [6.45, 7) is 0. The van der Waals surface area contributed by atoms with E-state index in [2.05, 4.69) is 24.3 Å². The van der Waals surface area contributed by atoms with Crippen LogP contribution in [-0.4, -0.2) is 5.24 Å². The third kappa shape index (κ3) is 2.16. The number of hydrogen-bond acceptors (Lipinski definition) is 1. The van der Waals surface area contributed by atoms with Crippen molar-refractivity contribution in [3.8, 4) is 0 Å². The quantitative estimate of drug-likeness (QED) is 0.683. The Kier molecular flexibility index (Phi) is 2.87. The monoisotopic (exact) mass is 208 g/mol. The van der Waals surface area contributed by atoms with Crippen LogP contribution in [0.4, 0.5) is 0 Å². The summed E-state index contributed by atoms with van der Waals surface area (Å²) in [5.41, 5.74) is 2.83. The number of aryl methyl sites for hydroxylation is 1. The van der Waals surface area contributed by atoms with Gasteiger partial charge in [0.2, 0.25) is 5.24 Å². The lowest BCUT2D eigenvalue weighted by atomic mass is 9.82. The minimum atomic E-state index is -0.200. The molecule has 1 aromatic carbocycles. The molecule has 0 saturated heterocycles. The predicted octanol–water partition coefficient (Wildman–Crippen LogP) is 2.95. The molecule has 0 heterocycles. The third-order valence-electron chi connectivity index (χ3n) is 2.90. The molecule has 0 unspecified atom stereocenters. The summed E-state index contributed by atoms with van der Waals surface area (Å²) in [7, 11) is 0. The molecule has 0 bridgehead atoms. The van der Waals surface area contributed by atoms with Crippen LogP contribution < -0.4 is 0 Å². The summed E-state index contributed by atoms with van der Waals surface area (Å²) in [5.74, 6) is 0.454. The van der Waals surface area contributed by atoms with E-state index in [9.17, 15) is 4.79 Å². The number of benzene rings is 1. The zero-order valence-corrected chi connectivity index (χ0v) is 8.76. The number of carbonyl (C=O) groups excluding carboxylic acids is 1. The fraction of sp³-hybridized carbons (Fsp3) is 0.417. The van der Waals surface area contributed by atoms with Crippen LogP contribution in [0.3, 0.4) is 0 Å². The first-order chi connectivity index (χ1) is 6.75. The summed E-state index contributed by atoms with van der Waals surface area (Å²) < 4.78 is 0. The molecular formula is C12H13ClO. The fourth-order valence-electron chi connectivity index (χ4n) is 2.17. The smallest absolute Gasteiger partial charge is 0.221 e. The Morgan fingerprint density at radius 3 is 2.79 bits per heavy atom. The van der Waals surface area contributed by atoms with Crippen molar-refractivity contribution in [3.05, 3.63) is 35.4 Å². The first-order valence-electron chi connectivity index (χ1n) is 5.01. The number of halogens is 1. The van der Waals surface area contributed by atoms with Gasteiger partial charge in [-0.1, -0.05) is 24.3 Å². The van der Waals surface area contributed by atoms with E-state index in [4.69, 9.17) is 11.6 Å². The molecule has 0 aliphatic heterocycles. The molecule has 74 valence electrons. The Balaban J connectivity index is 2.09. The molecule has 0 saturated carbocycles. The number of carbonyl (C=O) groups is 1. The SMILES string of the molecule is O=C(Cl)C[C@H]1CCc2ccccc2C1.